The molecule has 0 spiro atoms. The van der Waals surface area contributed by atoms with Crippen molar-refractivity contribution >= 4 is 15.9 Å². The molecule has 2 atom stereocenters. The van der Waals surface area contributed by atoms with Gasteiger partial charge >= 0.3 is 0 Å². The van der Waals surface area contributed by atoms with Crippen molar-refractivity contribution in [3.63, 3.8) is 0 Å². The molecule has 108 valence electrons. The summed E-state index contributed by atoms with van der Waals surface area (Å²) in [6.45, 7) is 7.50. The zero-order valence-corrected chi connectivity index (χ0v) is 13.5. The van der Waals surface area contributed by atoms with Crippen LogP contribution in [0.4, 0.5) is 0 Å². The molecule has 0 radical (unpaired) electrons. The third-order valence-corrected chi connectivity index (χ3v) is 4.71. The number of nitrogens with zero attached hydrogens (tertiary/aromatic N) is 2. The summed E-state index contributed by atoms with van der Waals surface area (Å²) in [7, 11) is 0. The van der Waals surface area contributed by atoms with E-state index in [4.69, 9.17) is 4.74 Å². The third-order valence-electron chi connectivity index (χ3n) is 3.68. The molecule has 1 aromatic rings. The summed E-state index contributed by atoms with van der Waals surface area (Å²) >= 11 is 3.58. The summed E-state index contributed by atoms with van der Waals surface area (Å²) in [6.07, 6.45) is 2.46. The van der Waals surface area contributed by atoms with Gasteiger partial charge in [-0.15, -0.1) is 0 Å². The normalized spacial score (nSPS) is 18.6. The van der Waals surface area contributed by atoms with Crippen molar-refractivity contribution in [1.82, 2.24) is 9.78 Å². The molecule has 1 saturated carbocycles. The lowest BCUT2D eigenvalue weighted by molar-refractivity contribution is -0.0446. The maximum atomic E-state index is 10.5. The average molecular weight is 331 g/mol. The molecule has 1 fully saturated rings. The molecular weight excluding hydrogens is 308 g/mol. The van der Waals surface area contributed by atoms with Gasteiger partial charge in [-0.05, 0) is 55.5 Å². The Morgan fingerprint density at radius 1 is 1.47 bits per heavy atom. The Labute approximate surface area is 123 Å². The molecule has 1 N–H and O–H groups in total. The van der Waals surface area contributed by atoms with Crippen LogP contribution in [-0.4, -0.2) is 33.7 Å². The van der Waals surface area contributed by atoms with Crippen molar-refractivity contribution in [2.45, 2.75) is 58.8 Å². The van der Waals surface area contributed by atoms with Crippen molar-refractivity contribution in [2.24, 2.45) is 5.92 Å². The van der Waals surface area contributed by atoms with Crippen LogP contribution in [0, 0.1) is 12.8 Å². The highest BCUT2D eigenvalue weighted by atomic mass is 79.9. The topological polar surface area (TPSA) is 47.3 Å². The summed E-state index contributed by atoms with van der Waals surface area (Å²) in [5.41, 5.74) is 2.04. The first kappa shape index (κ1) is 15.0. The maximum absolute atomic E-state index is 10.5. The standard InChI is InChI=1S/C14H23BrN2O2/c1-4-17-11(13(15)9(3)16-17)8-12(18)14(19-5-2)10-6-7-10/h10,12,14,18H,4-8H2,1-3H3. The highest BCUT2D eigenvalue weighted by Gasteiger charge is 2.37. The molecule has 1 aliphatic carbocycles. The van der Waals surface area contributed by atoms with Crippen LogP contribution in [0.2, 0.25) is 0 Å². The van der Waals surface area contributed by atoms with E-state index in [2.05, 4.69) is 28.0 Å². The quantitative estimate of drug-likeness (QED) is 0.836. The van der Waals surface area contributed by atoms with E-state index < -0.39 is 6.10 Å². The molecule has 1 aromatic heterocycles. The molecule has 2 unspecified atom stereocenters. The van der Waals surface area contributed by atoms with Gasteiger partial charge in [0, 0.05) is 19.6 Å². The fraction of sp³-hybridized carbons (Fsp3) is 0.786. The Morgan fingerprint density at radius 2 is 2.16 bits per heavy atom. The molecule has 0 amide bonds. The van der Waals surface area contributed by atoms with Crippen LogP contribution >= 0.6 is 15.9 Å². The van der Waals surface area contributed by atoms with Crippen molar-refractivity contribution in [3.8, 4) is 0 Å². The van der Waals surface area contributed by atoms with Gasteiger partial charge in [-0.25, -0.2) is 0 Å². The van der Waals surface area contributed by atoms with Gasteiger partial charge in [-0.2, -0.15) is 5.10 Å². The van der Waals surface area contributed by atoms with E-state index in [0.29, 0.717) is 18.9 Å². The minimum absolute atomic E-state index is 0.0302. The van der Waals surface area contributed by atoms with E-state index in [1.165, 1.54) is 12.8 Å². The van der Waals surface area contributed by atoms with Crippen molar-refractivity contribution < 1.29 is 9.84 Å². The number of aliphatic hydroxyl groups excluding tert-OH is 1. The smallest absolute Gasteiger partial charge is 0.0865 e. The molecule has 0 aromatic carbocycles. The number of rotatable bonds is 7. The SMILES string of the molecule is CCOC(C(O)Cc1c(Br)c(C)nn1CC)C1CC1. The van der Waals surface area contributed by atoms with E-state index in [1.807, 2.05) is 18.5 Å². The largest absolute Gasteiger partial charge is 0.390 e. The number of hydrogen-bond acceptors (Lipinski definition) is 3. The molecular formula is C14H23BrN2O2. The number of aromatic nitrogens is 2. The van der Waals surface area contributed by atoms with Gasteiger partial charge in [0.2, 0.25) is 0 Å². The molecule has 0 saturated heterocycles. The fourth-order valence-corrected chi connectivity index (χ4v) is 3.00. The number of hydrogen-bond donors (Lipinski definition) is 1. The lowest BCUT2D eigenvalue weighted by atomic mass is 10.0. The van der Waals surface area contributed by atoms with Crippen LogP contribution in [0.5, 0.6) is 0 Å². The average Bonchev–Trinajstić information content (AvgIpc) is 3.18. The van der Waals surface area contributed by atoms with Crippen LogP contribution in [0.1, 0.15) is 38.1 Å². The van der Waals surface area contributed by atoms with E-state index in [9.17, 15) is 5.11 Å². The van der Waals surface area contributed by atoms with Gasteiger partial charge in [-0.1, -0.05) is 0 Å². The van der Waals surface area contributed by atoms with Crippen LogP contribution in [0.15, 0.2) is 4.47 Å². The van der Waals surface area contributed by atoms with Gasteiger partial charge in [0.1, 0.15) is 0 Å². The molecule has 1 heterocycles. The van der Waals surface area contributed by atoms with E-state index in [1.54, 1.807) is 0 Å². The monoisotopic (exact) mass is 330 g/mol. The first-order chi connectivity index (χ1) is 9.08. The second-order valence-corrected chi connectivity index (χ2v) is 5.98. The van der Waals surface area contributed by atoms with Gasteiger partial charge in [0.15, 0.2) is 0 Å². The van der Waals surface area contributed by atoms with E-state index in [-0.39, 0.29) is 6.10 Å². The van der Waals surface area contributed by atoms with Gasteiger partial charge in [-0.3, -0.25) is 4.68 Å². The Hall–Kier alpha value is -0.390. The van der Waals surface area contributed by atoms with Gasteiger partial charge < -0.3 is 9.84 Å². The second-order valence-electron chi connectivity index (χ2n) is 5.19. The Balaban J connectivity index is 2.10. The van der Waals surface area contributed by atoms with Crippen LogP contribution < -0.4 is 0 Å². The predicted molar refractivity (Wildman–Crippen MR) is 78.2 cm³/mol. The van der Waals surface area contributed by atoms with Crippen LogP contribution in [0.25, 0.3) is 0 Å². The molecule has 2 rings (SSSR count). The van der Waals surface area contributed by atoms with Gasteiger partial charge in [0.05, 0.1) is 28.1 Å². The highest BCUT2D eigenvalue weighted by molar-refractivity contribution is 9.10. The van der Waals surface area contributed by atoms with Crippen LogP contribution in [0.3, 0.4) is 0 Å². The maximum Gasteiger partial charge on any atom is 0.0865 e. The zero-order chi connectivity index (χ0) is 14.0. The first-order valence-corrected chi connectivity index (χ1v) is 7.89. The summed E-state index contributed by atoms with van der Waals surface area (Å²) in [5, 5.41) is 14.9. The number of aliphatic hydroxyl groups is 1. The molecule has 0 bridgehead atoms. The minimum atomic E-state index is -0.454. The van der Waals surface area contributed by atoms with Gasteiger partial charge in [0.25, 0.3) is 0 Å². The summed E-state index contributed by atoms with van der Waals surface area (Å²) in [6, 6.07) is 0. The number of aryl methyl sites for hydroxylation is 2. The van der Waals surface area contributed by atoms with Crippen molar-refractivity contribution in [3.05, 3.63) is 15.9 Å². The molecule has 19 heavy (non-hydrogen) atoms. The minimum Gasteiger partial charge on any atom is -0.390 e. The Morgan fingerprint density at radius 3 is 2.68 bits per heavy atom. The predicted octanol–water partition coefficient (Wildman–Crippen LogP) is 2.69. The first-order valence-electron chi connectivity index (χ1n) is 7.09. The third kappa shape index (κ3) is 3.38. The van der Waals surface area contributed by atoms with E-state index in [0.717, 1.165) is 22.4 Å². The second kappa shape index (κ2) is 6.37. The molecule has 1 aliphatic rings. The Bertz CT molecular complexity index is 429. The summed E-state index contributed by atoms with van der Waals surface area (Å²) in [4.78, 5) is 0. The Kier molecular flexibility index (Phi) is 5.03. The highest BCUT2D eigenvalue weighted by Crippen LogP contribution is 2.37. The molecule has 0 aliphatic heterocycles. The molecule has 4 nitrogen and oxygen atoms in total. The van der Waals surface area contributed by atoms with E-state index >= 15 is 0 Å². The lowest BCUT2D eigenvalue weighted by Gasteiger charge is -2.23. The van der Waals surface area contributed by atoms with Crippen molar-refractivity contribution in [1.29, 1.82) is 0 Å². The van der Waals surface area contributed by atoms with Crippen molar-refractivity contribution in [2.75, 3.05) is 6.61 Å². The number of ether oxygens (including phenoxy) is 1. The fourth-order valence-electron chi connectivity index (χ4n) is 2.56. The number of halogens is 1. The zero-order valence-electron chi connectivity index (χ0n) is 11.9. The molecule has 5 heteroatoms. The van der Waals surface area contributed by atoms with Crippen LogP contribution in [-0.2, 0) is 17.7 Å². The summed E-state index contributed by atoms with van der Waals surface area (Å²) < 4.78 is 8.70. The summed E-state index contributed by atoms with van der Waals surface area (Å²) in [5.74, 6) is 0.535. The lowest BCUT2D eigenvalue weighted by Crippen LogP contribution is -2.33.